The Morgan fingerprint density at radius 3 is 2.93 bits per heavy atom. The number of esters is 1. The molecule has 15 heavy (non-hydrogen) atoms. The fourth-order valence-electron chi connectivity index (χ4n) is 2.71. The lowest BCUT2D eigenvalue weighted by Gasteiger charge is -2.29. The van der Waals surface area contributed by atoms with Gasteiger partial charge in [-0.3, -0.25) is 9.59 Å². The molecule has 0 aliphatic carbocycles. The number of rotatable bonds is 2. The molecule has 0 spiro atoms. The largest absolute Gasteiger partial charge is 0.481 e. The number of carbonyl (C=O) groups excluding carboxylic acids is 1. The standard InChI is InChI=1S/C10H14O5/c1-6-3-10(4-7(11)12)8(13)14-5-9(10,2)15-6/h6H,3-5H2,1-2H3,(H,11,12)/t6-,9-,10-/m0/s1. The van der Waals surface area contributed by atoms with Gasteiger partial charge in [0.1, 0.15) is 17.6 Å². The van der Waals surface area contributed by atoms with E-state index in [1.807, 2.05) is 6.92 Å². The van der Waals surface area contributed by atoms with Gasteiger partial charge in [0.05, 0.1) is 12.5 Å². The summed E-state index contributed by atoms with van der Waals surface area (Å²) < 4.78 is 10.6. The van der Waals surface area contributed by atoms with Gasteiger partial charge in [-0.2, -0.15) is 0 Å². The molecule has 2 fully saturated rings. The van der Waals surface area contributed by atoms with Crippen LogP contribution < -0.4 is 0 Å². The SMILES string of the molecule is C[C@H]1C[C@]2(CC(=O)O)C(=O)OC[C@]2(C)O1. The number of hydrogen-bond acceptors (Lipinski definition) is 4. The molecule has 2 rings (SSSR count). The van der Waals surface area contributed by atoms with Crippen molar-refractivity contribution in [1.29, 1.82) is 0 Å². The predicted molar refractivity (Wildman–Crippen MR) is 49.2 cm³/mol. The molecule has 0 radical (unpaired) electrons. The van der Waals surface area contributed by atoms with Gasteiger partial charge >= 0.3 is 11.9 Å². The summed E-state index contributed by atoms with van der Waals surface area (Å²) in [6, 6.07) is 0. The molecule has 2 aliphatic rings. The number of fused-ring (bicyclic) bond motifs is 1. The number of carbonyl (C=O) groups is 2. The fraction of sp³-hybridized carbons (Fsp3) is 0.800. The third kappa shape index (κ3) is 1.26. The van der Waals surface area contributed by atoms with Crippen LogP contribution in [0.3, 0.4) is 0 Å². The number of carboxylic acids is 1. The Hall–Kier alpha value is -1.10. The summed E-state index contributed by atoms with van der Waals surface area (Å²) in [5.74, 6) is -1.42. The molecule has 84 valence electrons. The highest BCUT2D eigenvalue weighted by Gasteiger charge is 2.66. The van der Waals surface area contributed by atoms with Crippen molar-refractivity contribution in [2.45, 2.75) is 38.4 Å². The van der Waals surface area contributed by atoms with Gasteiger partial charge in [-0.05, 0) is 20.3 Å². The molecule has 1 N–H and O–H groups in total. The van der Waals surface area contributed by atoms with Gasteiger partial charge in [-0.1, -0.05) is 0 Å². The second-order valence-electron chi connectivity index (χ2n) is 4.59. The Morgan fingerprint density at radius 1 is 1.67 bits per heavy atom. The summed E-state index contributed by atoms with van der Waals surface area (Å²) >= 11 is 0. The lowest BCUT2D eigenvalue weighted by Crippen LogP contribution is -2.44. The van der Waals surface area contributed by atoms with Crippen molar-refractivity contribution in [2.75, 3.05) is 6.61 Å². The van der Waals surface area contributed by atoms with Crippen molar-refractivity contribution in [3.8, 4) is 0 Å². The zero-order valence-electron chi connectivity index (χ0n) is 8.78. The van der Waals surface area contributed by atoms with Gasteiger partial charge in [-0.15, -0.1) is 0 Å². The van der Waals surface area contributed by atoms with Crippen LogP contribution in [0, 0.1) is 5.41 Å². The van der Waals surface area contributed by atoms with Crippen LogP contribution in [0.1, 0.15) is 26.7 Å². The molecule has 3 atom stereocenters. The van der Waals surface area contributed by atoms with E-state index >= 15 is 0 Å². The molecule has 0 aromatic heterocycles. The summed E-state index contributed by atoms with van der Waals surface area (Å²) in [5.41, 5.74) is -1.76. The van der Waals surface area contributed by atoms with Crippen LogP contribution >= 0.6 is 0 Å². The molecule has 2 heterocycles. The van der Waals surface area contributed by atoms with Crippen LogP contribution in [-0.2, 0) is 19.1 Å². The highest BCUT2D eigenvalue weighted by atomic mass is 16.6. The van der Waals surface area contributed by atoms with E-state index in [1.54, 1.807) is 6.92 Å². The fourth-order valence-corrected chi connectivity index (χ4v) is 2.71. The molecular formula is C10H14O5. The normalized spacial score (nSPS) is 43.9. The lowest BCUT2D eigenvalue weighted by atomic mass is 9.71. The molecule has 0 amide bonds. The zero-order valence-corrected chi connectivity index (χ0v) is 8.78. The minimum absolute atomic E-state index is 0.0952. The highest BCUT2D eigenvalue weighted by molar-refractivity contribution is 5.86. The predicted octanol–water partition coefficient (Wildman–Crippen LogP) is 0.572. The van der Waals surface area contributed by atoms with Crippen LogP contribution in [0.5, 0.6) is 0 Å². The number of hydrogen-bond donors (Lipinski definition) is 1. The Kier molecular flexibility index (Phi) is 2.05. The van der Waals surface area contributed by atoms with E-state index in [4.69, 9.17) is 14.6 Å². The van der Waals surface area contributed by atoms with Gasteiger partial charge in [-0.25, -0.2) is 0 Å². The Morgan fingerprint density at radius 2 is 2.33 bits per heavy atom. The maximum absolute atomic E-state index is 11.7. The summed E-state index contributed by atoms with van der Waals surface area (Å²) in [7, 11) is 0. The van der Waals surface area contributed by atoms with Crippen LogP contribution in [-0.4, -0.2) is 35.4 Å². The van der Waals surface area contributed by atoms with Gasteiger partial charge in [0.25, 0.3) is 0 Å². The van der Waals surface area contributed by atoms with Gasteiger partial charge in [0.2, 0.25) is 0 Å². The molecule has 0 bridgehead atoms. The van der Waals surface area contributed by atoms with Crippen molar-refractivity contribution in [1.82, 2.24) is 0 Å². The zero-order chi connectivity index (χ0) is 11.3. The monoisotopic (exact) mass is 214 g/mol. The minimum Gasteiger partial charge on any atom is -0.481 e. The van der Waals surface area contributed by atoms with E-state index in [2.05, 4.69) is 0 Å². The third-order valence-corrected chi connectivity index (χ3v) is 3.43. The van der Waals surface area contributed by atoms with Crippen LogP contribution in [0.15, 0.2) is 0 Å². The number of cyclic esters (lactones) is 1. The molecule has 0 aromatic rings. The van der Waals surface area contributed by atoms with E-state index in [0.717, 1.165) is 0 Å². The van der Waals surface area contributed by atoms with Gasteiger partial charge < -0.3 is 14.6 Å². The Bertz CT molecular complexity index is 326. The molecule has 5 nitrogen and oxygen atoms in total. The average molecular weight is 214 g/mol. The second kappa shape index (κ2) is 2.95. The number of carboxylic acid groups (broad SMARTS) is 1. The highest BCUT2D eigenvalue weighted by Crippen LogP contribution is 2.53. The van der Waals surface area contributed by atoms with Crippen molar-refractivity contribution in [2.24, 2.45) is 5.41 Å². The maximum atomic E-state index is 11.7. The van der Waals surface area contributed by atoms with Crippen LogP contribution in [0.4, 0.5) is 0 Å². The first-order valence-electron chi connectivity index (χ1n) is 4.96. The average Bonchev–Trinajstić information content (AvgIpc) is 2.44. The molecule has 0 unspecified atom stereocenters. The minimum atomic E-state index is -0.988. The van der Waals surface area contributed by atoms with E-state index in [1.165, 1.54) is 0 Å². The van der Waals surface area contributed by atoms with E-state index in [0.29, 0.717) is 6.42 Å². The van der Waals surface area contributed by atoms with Crippen LogP contribution in [0.25, 0.3) is 0 Å². The summed E-state index contributed by atoms with van der Waals surface area (Å²) in [5, 5.41) is 8.87. The van der Waals surface area contributed by atoms with Crippen molar-refractivity contribution in [3.63, 3.8) is 0 Å². The Balaban J connectivity index is 2.38. The molecule has 0 saturated carbocycles. The number of aliphatic carboxylic acids is 1. The summed E-state index contributed by atoms with van der Waals surface area (Å²) in [6.07, 6.45) is 0.114. The summed E-state index contributed by atoms with van der Waals surface area (Å²) in [6.45, 7) is 3.76. The maximum Gasteiger partial charge on any atom is 0.315 e. The topological polar surface area (TPSA) is 72.8 Å². The lowest BCUT2D eigenvalue weighted by molar-refractivity contribution is -0.153. The first kappa shape index (κ1) is 10.4. The first-order valence-corrected chi connectivity index (χ1v) is 4.96. The van der Waals surface area contributed by atoms with E-state index in [9.17, 15) is 9.59 Å². The van der Waals surface area contributed by atoms with Gasteiger partial charge in [0.15, 0.2) is 0 Å². The van der Waals surface area contributed by atoms with Crippen LogP contribution in [0.2, 0.25) is 0 Å². The molecule has 2 aliphatic heterocycles. The smallest absolute Gasteiger partial charge is 0.315 e. The molecule has 0 aromatic carbocycles. The van der Waals surface area contributed by atoms with Crippen molar-refractivity contribution in [3.05, 3.63) is 0 Å². The van der Waals surface area contributed by atoms with E-state index in [-0.39, 0.29) is 19.1 Å². The van der Waals surface area contributed by atoms with Gasteiger partial charge in [0, 0.05) is 0 Å². The Labute approximate surface area is 87.4 Å². The van der Waals surface area contributed by atoms with E-state index < -0.39 is 23.0 Å². The summed E-state index contributed by atoms with van der Waals surface area (Å²) in [4.78, 5) is 22.5. The second-order valence-corrected chi connectivity index (χ2v) is 4.59. The van der Waals surface area contributed by atoms with Crippen molar-refractivity contribution < 1.29 is 24.2 Å². The quantitative estimate of drug-likeness (QED) is 0.680. The molecular weight excluding hydrogens is 200 g/mol. The number of ether oxygens (including phenoxy) is 2. The van der Waals surface area contributed by atoms with Crippen molar-refractivity contribution >= 4 is 11.9 Å². The first-order chi connectivity index (χ1) is 6.90. The third-order valence-electron chi connectivity index (χ3n) is 3.43. The molecule has 5 heteroatoms. The molecule has 2 saturated heterocycles.